The highest BCUT2D eigenvalue weighted by molar-refractivity contribution is 9.13. The van der Waals surface area contributed by atoms with E-state index in [-0.39, 0.29) is 12.2 Å². The zero-order chi connectivity index (χ0) is 16.1. The molecule has 2 heterocycles. The lowest BCUT2D eigenvalue weighted by atomic mass is 9.88. The van der Waals surface area contributed by atoms with E-state index in [9.17, 15) is 14.7 Å². The third-order valence-corrected chi connectivity index (χ3v) is 5.29. The lowest BCUT2D eigenvalue weighted by Gasteiger charge is -2.19. The topological polar surface area (TPSA) is 79.5 Å². The molecular formula is C15H11Br2NO4. The lowest BCUT2D eigenvalue weighted by Crippen LogP contribution is -2.36. The number of anilines is 1. The Hall–Kier alpha value is -1.44. The Labute approximate surface area is 143 Å². The Balaban J connectivity index is 1.96. The van der Waals surface area contributed by atoms with Crippen LogP contribution in [0.3, 0.4) is 0 Å². The first kappa shape index (κ1) is 15.5. The van der Waals surface area contributed by atoms with Gasteiger partial charge in [0.15, 0.2) is 16.0 Å². The molecule has 0 unspecified atom stereocenters. The molecule has 1 atom stereocenters. The number of halogens is 2. The summed E-state index contributed by atoms with van der Waals surface area (Å²) in [5, 5.41) is 13.3. The Kier molecular flexibility index (Phi) is 3.74. The minimum Gasteiger partial charge on any atom is -0.445 e. The normalized spacial score (nSPS) is 19.9. The van der Waals surface area contributed by atoms with Gasteiger partial charge in [0.05, 0.1) is 10.9 Å². The molecule has 1 aromatic carbocycles. The third kappa shape index (κ3) is 2.43. The van der Waals surface area contributed by atoms with Gasteiger partial charge in [0.2, 0.25) is 5.78 Å². The van der Waals surface area contributed by atoms with Gasteiger partial charge in [-0.2, -0.15) is 0 Å². The Bertz CT molecular complexity index is 779. The molecule has 0 saturated heterocycles. The second-order valence-corrected chi connectivity index (χ2v) is 6.77. The second kappa shape index (κ2) is 5.33. The highest BCUT2D eigenvalue weighted by Gasteiger charge is 2.47. The zero-order valence-corrected chi connectivity index (χ0v) is 14.6. The molecule has 7 heteroatoms. The number of nitrogens with one attached hydrogen (secondary N) is 1. The van der Waals surface area contributed by atoms with Crippen molar-refractivity contribution < 1.29 is 19.1 Å². The maximum atomic E-state index is 12.3. The summed E-state index contributed by atoms with van der Waals surface area (Å²) in [6, 6.07) is 6.74. The molecule has 114 valence electrons. The van der Waals surface area contributed by atoms with Crippen molar-refractivity contribution in [3.05, 3.63) is 50.3 Å². The van der Waals surface area contributed by atoms with E-state index in [4.69, 9.17) is 4.42 Å². The number of hydrogen-bond donors (Lipinski definition) is 2. The standard InChI is InChI=1S/C15H11Br2NO4/c1-7-2-3-10-8(4-7)15(21,14(20)18-10)6-11(19)12-5-9(16)13(17)22-12/h2-5,21H,6H2,1H3,(H,18,20)/t15-/m1/s1. The van der Waals surface area contributed by atoms with Crippen LogP contribution in [0.4, 0.5) is 5.69 Å². The molecule has 1 aliphatic heterocycles. The Morgan fingerprint density at radius 3 is 2.73 bits per heavy atom. The average molecular weight is 429 g/mol. The van der Waals surface area contributed by atoms with Crippen LogP contribution in [0, 0.1) is 6.92 Å². The number of rotatable bonds is 3. The number of benzene rings is 1. The van der Waals surface area contributed by atoms with Crippen LogP contribution >= 0.6 is 31.9 Å². The maximum absolute atomic E-state index is 12.3. The molecular weight excluding hydrogens is 418 g/mol. The molecule has 0 radical (unpaired) electrons. The van der Waals surface area contributed by atoms with Crippen LogP contribution in [-0.2, 0) is 10.4 Å². The summed E-state index contributed by atoms with van der Waals surface area (Å²) in [7, 11) is 0. The first-order chi connectivity index (χ1) is 10.3. The predicted octanol–water partition coefficient (Wildman–Crippen LogP) is 3.53. The lowest BCUT2D eigenvalue weighted by molar-refractivity contribution is -0.133. The molecule has 2 aromatic rings. The number of hydrogen-bond acceptors (Lipinski definition) is 4. The van der Waals surface area contributed by atoms with Crippen LogP contribution < -0.4 is 5.32 Å². The smallest absolute Gasteiger partial charge is 0.261 e. The summed E-state index contributed by atoms with van der Waals surface area (Å²) in [5.41, 5.74) is -0.0580. The Morgan fingerprint density at radius 1 is 1.36 bits per heavy atom. The van der Waals surface area contributed by atoms with Crippen LogP contribution in [0.2, 0.25) is 0 Å². The first-order valence-electron chi connectivity index (χ1n) is 6.44. The van der Waals surface area contributed by atoms with Crippen LogP contribution in [0.5, 0.6) is 0 Å². The highest BCUT2D eigenvalue weighted by Crippen LogP contribution is 2.40. The number of carbonyl (C=O) groups is 2. The molecule has 0 bridgehead atoms. The molecule has 0 saturated carbocycles. The fourth-order valence-electron chi connectivity index (χ4n) is 2.44. The largest absolute Gasteiger partial charge is 0.445 e. The predicted molar refractivity (Wildman–Crippen MR) is 86.8 cm³/mol. The van der Waals surface area contributed by atoms with E-state index in [1.807, 2.05) is 13.0 Å². The minimum atomic E-state index is -1.88. The van der Waals surface area contributed by atoms with E-state index >= 15 is 0 Å². The van der Waals surface area contributed by atoms with E-state index in [1.165, 1.54) is 6.07 Å². The van der Waals surface area contributed by atoms with Crippen LogP contribution in [0.1, 0.15) is 28.1 Å². The van der Waals surface area contributed by atoms with Crippen molar-refractivity contribution in [1.29, 1.82) is 0 Å². The van der Waals surface area contributed by atoms with Gasteiger partial charge in [-0.25, -0.2) is 0 Å². The number of aliphatic hydroxyl groups is 1. The van der Waals surface area contributed by atoms with Crippen molar-refractivity contribution in [3.8, 4) is 0 Å². The zero-order valence-electron chi connectivity index (χ0n) is 11.4. The van der Waals surface area contributed by atoms with E-state index < -0.39 is 17.3 Å². The number of furan rings is 1. The number of Topliss-reactive ketones (excluding diaryl/α,β-unsaturated/α-hetero) is 1. The van der Waals surface area contributed by atoms with Crippen molar-refractivity contribution in [2.45, 2.75) is 18.9 Å². The van der Waals surface area contributed by atoms with E-state index in [0.29, 0.717) is 20.4 Å². The summed E-state index contributed by atoms with van der Waals surface area (Å²) < 4.78 is 6.23. The van der Waals surface area contributed by atoms with Crippen molar-refractivity contribution in [1.82, 2.24) is 0 Å². The SMILES string of the molecule is Cc1ccc2c(c1)[C@](O)(CC(=O)c1cc(Br)c(Br)o1)C(=O)N2. The molecule has 3 rings (SSSR count). The monoisotopic (exact) mass is 427 g/mol. The average Bonchev–Trinajstić information content (AvgIpc) is 2.91. The van der Waals surface area contributed by atoms with E-state index in [2.05, 4.69) is 37.2 Å². The maximum Gasteiger partial charge on any atom is 0.261 e. The van der Waals surface area contributed by atoms with Gasteiger partial charge >= 0.3 is 0 Å². The molecule has 0 aliphatic carbocycles. The first-order valence-corrected chi connectivity index (χ1v) is 8.03. The number of ketones is 1. The molecule has 0 fully saturated rings. The number of amides is 1. The molecule has 5 nitrogen and oxygen atoms in total. The summed E-state index contributed by atoms with van der Waals surface area (Å²) >= 11 is 6.37. The highest BCUT2D eigenvalue weighted by atomic mass is 79.9. The van der Waals surface area contributed by atoms with Crippen molar-refractivity contribution >= 4 is 49.2 Å². The van der Waals surface area contributed by atoms with E-state index in [1.54, 1.807) is 12.1 Å². The Morgan fingerprint density at radius 2 is 2.09 bits per heavy atom. The van der Waals surface area contributed by atoms with Gasteiger partial charge in [-0.15, -0.1) is 0 Å². The molecule has 22 heavy (non-hydrogen) atoms. The van der Waals surface area contributed by atoms with Gasteiger partial charge in [-0.3, -0.25) is 9.59 Å². The fourth-order valence-corrected chi connectivity index (χ4v) is 3.01. The van der Waals surface area contributed by atoms with Gasteiger partial charge < -0.3 is 14.8 Å². The van der Waals surface area contributed by atoms with Crippen molar-refractivity contribution in [2.75, 3.05) is 5.32 Å². The summed E-state index contributed by atoms with van der Waals surface area (Å²) in [6.07, 6.45) is -0.387. The summed E-state index contributed by atoms with van der Waals surface area (Å²) in [4.78, 5) is 24.5. The molecule has 0 spiro atoms. The van der Waals surface area contributed by atoms with Crippen molar-refractivity contribution in [2.24, 2.45) is 0 Å². The van der Waals surface area contributed by atoms with Gasteiger partial charge in [0.25, 0.3) is 5.91 Å². The summed E-state index contributed by atoms with van der Waals surface area (Å²) in [5.74, 6) is -0.995. The summed E-state index contributed by atoms with van der Waals surface area (Å²) in [6.45, 7) is 1.85. The number of carbonyl (C=O) groups excluding carboxylic acids is 2. The number of aryl methyl sites for hydroxylation is 1. The van der Waals surface area contributed by atoms with Gasteiger partial charge in [-0.05, 0) is 44.8 Å². The second-order valence-electron chi connectivity index (χ2n) is 5.20. The minimum absolute atomic E-state index is 0.0704. The van der Waals surface area contributed by atoms with Crippen LogP contribution in [-0.4, -0.2) is 16.8 Å². The van der Waals surface area contributed by atoms with Gasteiger partial charge in [0.1, 0.15) is 0 Å². The number of fused-ring (bicyclic) bond motifs is 1. The third-order valence-electron chi connectivity index (χ3n) is 3.58. The molecule has 1 aliphatic rings. The molecule has 1 amide bonds. The van der Waals surface area contributed by atoms with Gasteiger partial charge in [-0.1, -0.05) is 17.7 Å². The van der Waals surface area contributed by atoms with Crippen LogP contribution in [0.15, 0.2) is 37.8 Å². The molecule has 2 N–H and O–H groups in total. The quantitative estimate of drug-likeness (QED) is 0.733. The van der Waals surface area contributed by atoms with Crippen molar-refractivity contribution in [3.63, 3.8) is 0 Å². The van der Waals surface area contributed by atoms with E-state index in [0.717, 1.165) is 5.56 Å². The fraction of sp³-hybridized carbons (Fsp3) is 0.200. The van der Waals surface area contributed by atoms with Gasteiger partial charge in [0, 0.05) is 17.3 Å². The van der Waals surface area contributed by atoms with Crippen LogP contribution in [0.25, 0.3) is 0 Å². The molecule has 1 aromatic heterocycles.